The average Bonchev–Trinajstić information content (AvgIpc) is 2.26. The van der Waals surface area contributed by atoms with Crippen LogP contribution in [0, 0.1) is 0 Å². The Bertz CT molecular complexity index is 201. The zero-order valence-corrected chi connectivity index (χ0v) is 10.3. The first-order valence-electron chi connectivity index (χ1n) is 6.02. The van der Waals surface area contributed by atoms with Crippen molar-refractivity contribution in [3.05, 3.63) is 0 Å². The molecule has 0 fully saturated rings. The predicted octanol–water partition coefficient (Wildman–Crippen LogP) is 2.45. The van der Waals surface area contributed by atoms with Crippen LogP contribution in [0.15, 0.2) is 0 Å². The lowest BCUT2D eigenvalue weighted by atomic mass is 10.1. The third-order valence-corrected chi connectivity index (χ3v) is 2.03. The van der Waals surface area contributed by atoms with Crippen LogP contribution in [0.3, 0.4) is 0 Å². The van der Waals surface area contributed by atoms with Crippen LogP contribution in [0.25, 0.3) is 0 Å². The second-order valence-electron chi connectivity index (χ2n) is 3.59. The molecule has 0 aliphatic carbocycles. The van der Waals surface area contributed by atoms with E-state index in [4.69, 9.17) is 9.47 Å². The van der Waals surface area contributed by atoms with E-state index in [1.807, 2.05) is 6.92 Å². The number of hydrogen-bond donors (Lipinski definition) is 0. The van der Waals surface area contributed by atoms with Crippen LogP contribution in [-0.2, 0) is 19.1 Å². The maximum absolute atomic E-state index is 11.1. The Balaban J connectivity index is 3.26. The fourth-order valence-corrected chi connectivity index (χ4v) is 1.24. The van der Waals surface area contributed by atoms with Gasteiger partial charge in [0.1, 0.15) is 0 Å². The third kappa shape index (κ3) is 9.49. The van der Waals surface area contributed by atoms with Crippen LogP contribution in [-0.4, -0.2) is 25.2 Å². The maximum Gasteiger partial charge on any atom is 0.305 e. The van der Waals surface area contributed by atoms with Crippen LogP contribution in [0.2, 0.25) is 0 Å². The summed E-state index contributed by atoms with van der Waals surface area (Å²) in [5, 5.41) is 0. The average molecular weight is 230 g/mol. The molecule has 0 rings (SSSR count). The highest BCUT2D eigenvalue weighted by Crippen LogP contribution is 2.05. The summed E-state index contributed by atoms with van der Waals surface area (Å²) < 4.78 is 9.72. The largest absolute Gasteiger partial charge is 0.466 e. The Morgan fingerprint density at radius 1 is 0.875 bits per heavy atom. The quantitative estimate of drug-likeness (QED) is 0.451. The van der Waals surface area contributed by atoms with Gasteiger partial charge in [0.05, 0.1) is 13.2 Å². The normalized spacial score (nSPS) is 9.88. The molecule has 0 unspecified atom stereocenters. The van der Waals surface area contributed by atoms with E-state index < -0.39 is 0 Å². The summed E-state index contributed by atoms with van der Waals surface area (Å²) >= 11 is 0. The first kappa shape index (κ1) is 14.9. The molecule has 16 heavy (non-hydrogen) atoms. The van der Waals surface area contributed by atoms with Gasteiger partial charge in [0, 0.05) is 12.8 Å². The zero-order chi connectivity index (χ0) is 12.2. The third-order valence-electron chi connectivity index (χ3n) is 2.03. The summed E-state index contributed by atoms with van der Waals surface area (Å²) in [7, 11) is 0. The number of rotatable bonds is 9. The Morgan fingerprint density at radius 3 is 1.94 bits per heavy atom. The molecule has 0 N–H and O–H groups in total. The smallest absolute Gasteiger partial charge is 0.305 e. The lowest BCUT2D eigenvalue weighted by Gasteiger charge is -2.03. The summed E-state index contributed by atoms with van der Waals surface area (Å²) in [5.41, 5.74) is 0. The highest BCUT2D eigenvalue weighted by Gasteiger charge is 2.03. The summed E-state index contributed by atoms with van der Waals surface area (Å²) in [5.74, 6) is -0.297. The lowest BCUT2D eigenvalue weighted by Crippen LogP contribution is -2.05. The Labute approximate surface area is 97.3 Å². The van der Waals surface area contributed by atoms with Gasteiger partial charge in [-0.1, -0.05) is 13.3 Å². The Hall–Kier alpha value is -1.06. The van der Waals surface area contributed by atoms with Crippen molar-refractivity contribution >= 4 is 11.9 Å². The first-order chi connectivity index (χ1) is 7.70. The molecule has 0 radical (unpaired) electrons. The number of esters is 2. The predicted molar refractivity (Wildman–Crippen MR) is 61.0 cm³/mol. The van der Waals surface area contributed by atoms with Crippen molar-refractivity contribution in [2.24, 2.45) is 0 Å². The minimum absolute atomic E-state index is 0.141. The van der Waals surface area contributed by atoms with Crippen molar-refractivity contribution in [1.82, 2.24) is 0 Å². The molecule has 0 spiro atoms. The Kier molecular flexibility index (Phi) is 9.76. The fraction of sp³-hybridized carbons (Fsp3) is 0.833. The van der Waals surface area contributed by atoms with Crippen LogP contribution in [0.5, 0.6) is 0 Å². The van der Waals surface area contributed by atoms with Crippen LogP contribution < -0.4 is 0 Å². The van der Waals surface area contributed by atoms with Gasteiger partial charge in [-0.25, -0.2) is 0 Å². The highest BCUT2D eigenvalue weighted by molar-refractivity contribution is 5.69. The second-order valence-corrected chi connectivity index (χ2v) is 3.59. The van der Waals surface area contributed by atoms with Gasteiger partial charge in [-0.2, -0.15) is 0 Å². The molecular formula is C12H22O4. The summed E-state index contributed by atoms with van der Waals surface area (Å²) in [6.45, 7) is 4.69. The van der Waals surface area contributed by atoms with Gasteiger partial charge in [0.25, 0.3) is 0 Å². The SMILES string of the molecule is CCCOC(=O)CCCCCC(=O)OCC. The van der Waals surface area contributed by atoms with Crippen molar-refractivity contribution in [3.63, 3.8) is 0 Å². The lowest BCUT2D eigenvalue weighted by molar-refractivity contribution is -0.143. The van der Waals surface area contributed by atoms with Gasteiger partial charge < -0.3 is 9.47 Å². The molecule has 0 aliphatic heterocycles. The van der Waals surface area contributed by atoms with Crippen molar-refractivity contribution in [2.75, 3.05) is 13.2 Å². The molecule has 0 atom stereocenters. The van der Waals surface area contributed by atoms with Crippen LogP contribution in [0.1, 0.15) is 52.4 Å². The Morgan fingerprint density at radius 2 is 1.44 bits per heavy atom. The topological polar surface area (TPSA) is 52.6 Å². The first-order valence-corrected chi connectivity index (χ1v) is 6.02. The van der Waals surface area contributed by atoms with E-state index in [2.05, 4.69) is 0 Å². The molecule has 0 saturated heterocycles. The number of carbonyl (C=O) groups excluding carboxylic acids is 2. The molecule has 4 nitrogen and oxygen atoms in total. The van der Waals surface area contributed by atoms with Crippen molar-refractivity contribution < 1.29 is 19.1 Å². The molecule has 0 saturated carbocycles. The van der Waals surface area contributed by atoms with Crippen LogP contribution >= 0.6 is 0 Å². The van der Waals surface area contributed by atoms with E-state index in [1.54, 1.807) is 6.92 Å². The monoisotopic (exact) mass is 230 g/mol. The molecule has 0 aliphatic rings. The van der Waals surface area contributed by atoms with E-state index in [1.165, 1.54) is 0 Å². The number of unbranched alkanes of at least 4 members (excludes halogenated alkanes) is 2. The molecule has 0 aromatic heterocycles. The number of hydrogen-bond acceptors (Lipinski definition) is 4. The summed E-state index contributed by atoms with van der Waals surface area (Å²) in [4.78, 5) is 22.1. The standard InChI is InChI=1S/C12H22O4/c1-3-10-16-12(14)9-7-5-6-8-11(13)15-4-2/h3-10H2,1-2H3. The van der Waals surface area contributed by atoms with Crippen molar-refractivity contribution in [2.45, 2.75) is 52.4 Å². The van der Waals surface area contributed by atoms with Crippen molar-refractivity contribution in [1.29, 1.82) is 0 Å². The van der Waals surface area contributed by atoms with E-state index in [9.17, 15) is 9.59 Å². The van der Waals surface area contributed by atoms with E-state index in [-0.39, 0.29) is 11.9 Å². The molecule has 0 bridgehead atoms. The van der Waals surface area contributed by atoms with Gasteiger partial charge >= 0.3 is 11.9 Å². The maximum atomic E-state index is 11.1. The van der Waals surface area contributed by atoms with Gasteiger partial charge in [-0.3, -0.25) is 9.59 Å². The van der Waals surface area contributed by atoms with E-state index in [0.717, 1.165) is 25.7 Å². The molecule has 0 amide bonds. The minimum Gasteiger partial charge on any atom is -0.466 e. The second kappa shape index (κ2) is 10.5. The van der Waals surface area contributed by atoms with E-state index in [0.29, 0.717) is 26.1 Å². The summed E-state index contributed by atoms with van der Waals surface area (Å²) in [6.07, 6.45) is 4.16. The fourth-order valence-electron chi connectivity index (χ4n) is 1.24. The van der Waals surface area contributed by atoms with E-state index >= 15 is 0 Å². The van der Waals surface area contributed by atoms with Gasteiger partial charge in [0.2, 0.25) is 0 Å². The minimum atomic E-state index is -0.156. The molecule has 4 heteroatoms. The van der Waals surface area contributed by atoms with Gasteiger partial charge in [0.15, 0.2) is 0 Å². The van der Waals surface area contributed by atoms with Gasteiger partial charge in [-0.15, -0.1) is 0 Å². The highest BCUT2D eigenvalue weighted by atomic mass is 16.5. The molecular weight excluding hydrogens is 208 g/mol. The number of ether oxygens (including phenoxy) is 2. The zero-order valence-electron chi connectivity index (χ0n) is 10.3. The van der Waals surface area contributed by atoms with Gasteiger partial charge in [-0.05, 0) is 26.2 Å². The van der Waals surface area contributed by atoms with Crippen molar-refractivity contribution in [3.8, 4) is 0 Å². The molecule has 0 heterocycles. The molecule has 94 valence electrons. The molecule has 0 aromatic carbocycles. The summed E-state index contributed by atoms with van der Waals surface area (Å²) in [6, 6.07) is 0. The number of carbonyl (C=O) groups is 2. The van der Waals surface area contributed by atoms with Crippen LogP contribution in [0.4, 0.5) is 0 Å². The molecule has 0 aromatic rings.